The van der Waals surface area contributed by atoms with Crippen LogP contribution < -0.4 is 5.73 Å². The maximum Gasteiger partial charge on any atom is 0.243 e. The summed E-state index contributed by atoms with van der Waals surface area (Å²) in [4.78, 5) is 27.2. The molecule has 0 aromatic heterocycles. The van der Waals surface area contributed by atoms with Crippen LogP contribution in [-0.4, -0.2) is 53.8 Å². The first-order valence-electron chi connectivity index (χ1n) is 6.89. The number of hydrogen-bond donors (Lipinski definition) is 1. The number of likely N-dealkylation sites (tertiary alicyclic amines) is 2. The van der Waals surface area contributed by atoms with E-state index < -0.39 is 0 Å². The van der Waals surface area contributed by atoms with Crippen LogP contribution in [-0.2, 0) is 9.59 Å². The molecule has 2 rings (SSSR count). The second-order valence-corrected chi connectivity index (χ2v) is 5.53. The smallest absolute Gasteiger partial charge is 0.243 e. The third kappa shape index (κ3) is 2.90. The molecule has 2 atom stereocenters. The van der Waals surface area contributed by atoms with E-state index in [9.17, 15) is 9.59 Å². The summed E-state index contributed by atoms with van der Waals surface area (Å²) in [6, 6.07) is 0.287. The Morgan fingerprint density at radius 3 is 2.83 bits per heavy atom. The van der Waals surface area contributed by atoms with Crippen molar-refractivity contribution in [1.82, 2.24) is 9.80 Å². The molecule has 0 aliphatic carbocycles. The van der Waals surface area contributed by atoms with Gasteiger partial charge in [0, 0.05) is 25.6 Å². The fourth-order valence-corrected chi connectivity index (χ4v) is 2.92. The highest BCUT2D eigenvalue weighted by Crippen LogP contribution is 2.22. The van der Waals surface area contributed by atoms with Crippen molar-refractivity contribution in [2.45, 2.75) is 38.6 Å². The number of imide groups is 1. The van der Waals surface area contributed by atoms with Gasteiger partial charge in [0.25, 0.3) is 0 Å². The minimum absolute atomic E-state index is 0.0188. The molecule has 0 radical (unpaired) electrons. The summed E-state index contributed by atoms with van der Waals surface area (Å²) in [7, 11) is 0. The molecule has 2 unspecified atom stereocenters. The lowest BCUT2D eigenvalue weighted by atomic mass is 9.92. The SMILES string of the molecule is CC1CCN(CC(=O)N2CCCC2=O)C(CN)C1. The number of hydrogen-bond acceptors (Lipinski definition) is 4. The van der Waals surface area contributed by atoms with Crippen molar-refractivity contribution in [3.63, 3.8) is 0 Å². The van der Waals surface area contributed by atoms with E-state index in [-0.39, 0.29) is 17.9 Å². The van der Waals surface area contributed by atoms with Crippen LogP contribution in [0.1, 0.15) is 32.6 Å². The van der Waals surface area contributed by atoms with Crippen LogP contribution in [0.5, 0.6) is 0 Å². The molecule has 0 saturated carbocycles. The summed E-state index contributed by atoms with van der Waals surface area (Å²) >= 11 is 0. The lowest BCUT2D eigenvalue weighted by Crippen LogP contribution is -2.50. The van der Waals surface area contributed by atoms with Gasteiger partial charge in [-0.15, -0.1) is 0 Å². The Morgan fingerprint density at radius 2 is 2.22 bits per heavy atom. The molecule has 0 aromatic rings. The van der Waals surface area contributed by atoms with Crippen LogP contribution in [0.3, 0.4) is 0 Å². The van der Waals surface area contributed by atoms with Gasteiger partial charge in [0.05, 0.1) is 6.54 Å². The Balaban J connectivity index is 1.91. The average Bonchev–Trinajstić information content (AvgIpc) is 2.77. The zero-order valence-electron chi connectivity index (χ0n) is 11.1. The Bertz CT molecular complexity index is 332. The van der Waals surface area contributed by atoms with E-state index in [1.807, 2.05) is 0 Å². The number of amides is 2. The van der Waals surface area contributed by atoms with Crippen molar-refractivity contribution >= 4 is 11.8 Å². The minimum Gasteiger partial charge on any atom is -0.329 e. The highest BCUT2D eigenvalue weighted by molar-refractivity contribution is 5.97. The Hall–Kier alpha value is -0.940. The summed E-state index contributed by atoms with van der Waals surface area (Å²) < 4.78 is 0. The van der Waals surface area contributed by atoms with E-state index in [0.29, 0.717) is 32.0 Å². The second-order valence-electron chi connectivity index (χ2n) is 5.53. The van der Waals surface area contributed by atoms with E-state index in [1.165, 1.54) is 4.90 Å². The van der Waals surface area contributed by atoms with Gasteiger partial charge in [0.1, 0.15) is 0 Å². The maximum absolute atomic E-state index is 12.1. The molecule has 0 aromatic carbocycles. The van der Waals surface area contributed by atoms with Gasteiger partial charge in [-0.2, -0.15) is 0 Å². The van der Waals surface area contributed by atoms with Crippen LogP contribution in [0.25, 0.3) is 0 Å². The highest BCUT2D eigenvalue weighted by Gasteiger charge is 2.31. The highest BCUT2D eigenvalue weighted by atomic mass is 16.2. The molecule has 5 nitrogen and oxygen atoms in total. The first-order valence-corrected chi connectivity index (χ1v) is 6.89. The van der Waals surface area contributed by atoms with E-state index in [1.54, 1.807) is 0 Å². The summed E-state index contributed by atoms with van der Waals surface area (Å²) in [6.07, 6.45) is 3.49. The molecule has 0 bridgehead atoms. The zero-order valence-corrected chi connectivity index (χ0v) is 11.1. The molecule has 2 fully saturated rings. The predicted molar refractivity (Wildman–Crippen MR) is 68.8 cm³/mol. The standard InChI is InChI=1S/C13H23N3O2/c1-10-4-6-15(11(7-10)8-14)9-13(18)16-5-2-3-12(16)17/h10-11H,2-9,14H2,1H3. The number of carbonyl (C=O) groups excluding carboxylic acids is 2. The number of piperidine rings is 1. The lowest BCUT2D eigenvalue weighted by molar-refractivity contribution is -0.143. The van der Waals surface area contributed by atoms with Gasteiger partial charge in [-0.25, -0.2) is 0 Å². The van der Waals surface area contributed by atoms with E-state index in [2.05, 4.69) is 11.8 Å². The third-order valence-electron chi connectivity index (χ3n) is 4.08. The largest absolute Gasteiger partial charge is 0.329 e. The molecule has 102 valence electrons. The van der Waals surface area contributed by atoms with E-state index >= 15 is 0 Å². The number of nitrogens with two attached hydrogens (primary N) is 1. The number of rotatable bonds is 3. The van der Waals surface area contributed by atoms with Crippen LogP contribution in [0.2, 0.25) is 0 Å². The molecule has 5 heteroatoms. The second kappa shape index (κ2) is 5.80. The summed E-state index contributed by atoms with van der Waals surface area (Å²) in [6.45, 7) is 4.67. The first kappa shape index (κ1) is 13.5. The fraction of sp³-hybridized carbons (Fsp3) is 0.846. The molecule has 0 spiro atoms. The number of nitrogens with zero attached hydrogens (tertiary/aromatic N) is 2. The molecular formula is C13H23N3O2. The Kier molecular flexibility index (Phi) is 4.35. The first-order chi connectivity index (χ1) is 8.61. The third-order valence-corrected chi connectivity index (χ3v) is 4.08. The molecule has 2 heterocycles. The van der Waals surface area contributed by atoms with Crippen LogP contribution in [0, 0.1) is 5.92 Å². The van der Waals surface area contributed by atoms with Crippen molar-refractivity contribution in [3.8, 4) is 0 Å². The van der Waals surface area contributed by atoms with Crippen molar-refractivity contribution in [2.24, 2.45) is 11.7 Å². The van der Waals surface area contributed by atoms with Gasteiger partial charge >= 0.3 is 0 Å². The van der Waals surface area contributed by atoms with Crippen molar-refractivity contribution in [3.05, 3.63) is 0 Å². The average molecular weight is 253 g/mol. The summed E-state index contributed by atoms with van der Waals surface area (Å²) in [5.74, 6) is 0.610. The van der Waals surface area contributed by atoms with Gasteiger partial charge in [-0.3, -0.25) is 19.4 Å². The monoisotopic (exact) mass is 253 g/mol. The van der Waals surface area contributed by atoms with Gasteiger partial charge in [0.2, 0.25) is 11.8 Å². The molecule has 2 N–H and O–H groups in total. The predicted octanol–water partition coefficient (Wildman–Crippen LogP) is 0.195. The quantitative estimate of drug-likeness (QED) is 0.780. The van der Waals surface area contributed by atoms with Crippen LogP contribution in [0.15, 0.2) is 0 Å². The Labute approximate surface area is 108 Å². The van der Waals surface area contributed by atoms with Crippen LogP contribution >= 0.6 is 0 Å². The molecule has 2 saturated heterocycles. The van der Waals surface area contributed by atoms with Crippen molar-refractivity contribution in [1.29, 1.82) is 0 Å². The topological polar surface area (TPSA) is 66.6 Å². The van der Waals surface area contributed by atoms with E-state index in [4.69, 9.17) is 5.73 Å². The van der Waals surface area contributed by atoms with Crippen molar-refractivity contribution < 1.29 is 9.59 Å². The van der Waals surface area contributed by atoms with Gasteiger partial charge in [0.15, 0.2) is 0 Å². The summed E-state index contributed by atoms with van der Waals surface area (Å²) in [5, 5.41) is 0. The van der Waals surface area contributed by atoms with Crippen LogP contribution in [0.4, 0.5) is 0 Å². The fourth-order valence-electron chi connectivity index (χ4n) is 2.92. The molecule has 2 aliphatic heterocycles. The molecular weight excluding hydrogens is 230 g/mol. The Morgan fingerprint density at radius 1 is 1.44 bits per heavy atom. The van der Waals surface area contributed by atoms with Crippen molar-refractivity contribution in [2.75, 3.05) is 26.2 Å². The zero-order chi connectivity index (χ0) is 13.1. The van der Waals surface area contributed by atoms with Gasteiger partial charge in [-0.05, 0) is 31.7 Å². The molecule has 2 aliphatic rings. The minimum atomic E-state index is -0.0505. The maximum atomic E-state index is 12.1. The summed E-state index contributed by atoms with van der Waals surface area (Å²) in [5.41, 5.74) is 5.78. The lowest BCUT2D eigenvalue weighted by Gasteiger charge is -2.37. The molecule has 2 amide bonds. The number of carbonyl (C=O) groups is 2. The van der Waals surface area contributed by atoms with E-state index in [0.717, 1.165) is 25.8 Å². The van der Waals surface area contributed by atoms with Gasteiger partial charge in [-0.1, -0.05) is 6.92 Å². The normalized spacial score (nSPS) is 29.9. The van der Waals surface area contributed by atoms with Gasteiger partial charge < -0.3 is 5.73 Å². The molecule has 18 heavy (non-hydrogen) atoms.